The zero-order valence-electron chi connectivity index (χ0n) is 18.7. The standard InChI is InChI=1S/C27H27FN4O/c1-31-14-10-23(11-15-31)32(27(33)26-4-2-3-12-29-26)18-22-17-19(5-7-24(22)28)20-6-8-25-21(16-20)9-13-30-25/h2-9,12-13,16-17,23,30H,10-11,14-15,18H2,1H3. The molecular weight excluding hydrogens is 415 g/mol. The molecule has 0 spiro atoms. The highest BCUT2D eigenvalue weighted by atomic mass is 19.1. The molecular formula is C27H27FN4O. The molecule has 0 radical (unpaired) electrons. The number of hydrogen-bond acceptors (Lipinski definition) is 3. The van der Waals surface area contributed by atoms with E-state index in [1.807, 2.05) is 41.4 Å². The van der Waals surface area contributed by atoms with Gasteiger partial charge in [0.2, 0.25) is 0 Å². The molecule has 168 valence electrons. The maximum absolute atomic E-state index is 15.0. The number of carbonyl (C=O) groups is 1. The van der Waals surface area contributed by atoms with Crippen LogP contribution in [0.5, 0.6) is 0 Å². The number of aromatic nitrogens is 2. The number of carbonyl (C=O) groups excluding carboxylic acids is 1. The molecule has 6 heteroatoms. The number of rotatable bonds is 5. The molecule has 1 saturated heterocycles. The van der Waals surface area contributed by atoms with Gasteiger partial charge in [-0.25, -0.2) is 4.39 Å². The first-order valence-electron chi connectivity index (χ1n) is 11.3. The van der Waals surface area contributed by atoms with Gasteiger partial charge in [-0.15, -0.1) is 0 Å². The van der Waals surface area contributed by atoms with Crippen molar-refractivity contribution in [2.45, 2.75) is 25.4 Å². The Labute approximate surface area is 192 Å². The summed E-state index contributed by atoms with van der Waals surface area (Å²) in [4.78, 5) is 25.0. The minimum Gasteiger partial charge on any atom is -0.361 e. The summed E-state index contributed by atoms with van der Waals surface area (Å²) in [5, 5.41) is 1.11. The summed E-state index contributed by atoms with van der Waals surface area (Å²) < 4.78 is 15.0. The van der Waals surface area contributed by atoms with Crippen molar-refractivity contribution in [2.24, 2.45) is 0 Å². The molecule has 5 rings (SSSR count). The van der Waals surface area contributed by atoms with Crippen LogP contribution in [0.4, 0.5) is 4.39 Å². The van der Waals surface area contributed by atoms with Gasteiger partial charge in [0, 0.05) is 36.1 Å². The third-order valence-electron chi connectivity index (χ3n) is 6.55. The Morgan fingerprint density at radius 2 is 1.88 bits per heavy atom. The van der Waals surface area contributed by atoms with Gasteiger partial charge in [-0.05, 0) is 92.0 Å². The van der Waals surface area contributed by atoms with E-state index in [4.69, 9.17) is 0 Å². The average Bonchev–Trinajstić information content (AvgIpc) is 3.32. The Bertz CT molecular complexity index is 1260. The molecule has 1 aliphatic heterocycles. The van der Waals surface area contributed by atoms with Crippen LogP contribution in [0.2, 0.25) is 0 Å². The monoisotopic (exact) mass is 442 g/mol. The zero-order chi connectivity index (χ0) is 22.8. The predicted molar refractivity (Wildman–Crippen MR) is 128 cm³/mol. The van der Waals surface area contributed by atoms with Crippen LogP contribution in [0, 0.1) is 5.82 Å². The Morgan fingerprint density at radius 3 is 2.67 bits per heavy atom. The lowest BCUT2D eigenvalue weighted by molar-refractivity contribution is 0.0561. The zero-order valence-corrected chi connectivity index (χ0v) is 18.7. The van der Waals surface area contributed by atoms with Gasteiger partial charge in [-0.3, -0.25) is 9.78 Å². The van der Waals surface area contributed by atoms with Crippen LogP contribution >= 0.6 is 0 Å². The molecule has 0 unspecified atom stereocenters. The number of nitrogens with one attached hydrogen (secondary N) is 1. The van der Waals surface area contributed by atoms with E-state index in [1.165, 1.54) is 6.07 Å². The Kier molecular flexibility index (Phi) is 5.92. The van der Waals surface area contributed by atoms with E-state index >= 15 is 0 Å². The van der Waals surface area contributed by atoms with Gasteiger partial charge in [0.25, 0.3) is 5.91 Å². The fourth-order valence-electron chi connectivity index (χ4n) is 4.60. The second-order valence-electron chi connectivity index (χ2n) is 8.77. The molecule has 2 aromatic heterocycles. The highest BCUT2D eigenvalue weighted by molar-refractivity contribution is 5.92. The van der Waals surface area contributed by atoms with Crippen molar-refractivity contribution < 1.29 is 9.18 Å². The van der Waals surface area contributed by atoms with Gasteiger partial charge in [0.05, 0.1) is 0 Å². The molecule has 3 heterocycles. The summed E-state index contributed by atoms with van der Waals surface area (Å²) in [6, 6.07) is 18.7. The van der Waals surface area contributed by atoms with Crippen molar-refractivity contribution in [3.8, 4) is 11.1 Å². The lowest BCUT2D eigenvalue weighted by Gasteiger charge is -2.37. The maximum atomic E-state index is 15.0. The van der Waals surface area contributed by atoms with Gasteiger partial charge in [0.15, 0.2) is 0 Å². The van der Waals surface area contributed by atoms with E-state index in [2.05, 4.69) is 28.0 Å². The van der Waals surface area contributed by atoms with Crippen molar-refractivity contribution in [1.82, 2.24) is 19.8 Å². The summed E-state index contributed by atoms with van der Waals surface area (Å²) in [6.45, 7) is 2.04. The second kappa shape index (κ2) is 9.16. The van der Waals surface area contributed by atoms with Gasteiger partial charge in [0.1, 0.15) is 11.5 Å². The Balaban J connectivity index is 1.47. The quantitative estimate of drug-likeness (QED) is 0.468. The summed E-state index contributed by atoms with van der Waals surface area (Å²) in [5.41, 5.74) is 3.93. The number of fused-ring (bicyclic) bond motifs is 1. The topological polar surface area (TPSA) is 52.2 Å². The van der Waals surface area contributed by atoms with Crippen molar-refractivity contribution in [3.05, 3.63) is 90.1 Å². The van der Waals surface area contributed by atoms with E-state index in [-0.39, 0.29) is 24.3 Å². The van der Waals surface area contributed by atoms with Crippen LogP contribution in [0.1, 0.15) is 28.9 Å². The smallest absolute Gasteiger partial charge is 0.272 e. The molecule has 0 aliphatic carbocycles. The van der Waals surface area contributed by atoms with Crippen molar-refractivity contribution in [3.63, 3.8) is 0 Å². The highest BCUT2D eigenvalue weighted by Crippen LogP contribution is 2.28. The van der Waals surface area contributed by atoms with Gasteiger partial charge >= 0.3 is 0 Å². The molecule has 1 aliphatic rings. The molecule has 1 fully saturated rings. The third kappa shape index (κ3) is 4.52. The molecule has 0 saturated carbocycles. The Morgan fingerprint density at radius 1 is 1.09 bits per heavy atom. The largest absolute Gasteiger partial charge is 0.361 e. The summed E-state index contributed by atoms with van der Waals surface area (Å²) in [7, 11) is 2.09. The van der Waals surface area contributed by atoms with E-state index in [0.29, 0.717) is 11.3 Å². The number of nitrogens with zero attached hydrogens (tertiary/aromatic N) is 3. The fraction of sp³-hybridized carbons (Fsp3) is 0.259. The Hall–Kier alpha value is -3.51. The van der Waals surface area contributed by atoms with Crippen LogP contribution in [0.15, 0.2) is 73.1 Å². The number of halogens is 1. The van der Waals surface area contributed by atoms with E-state index in [0.717, 1.165) is 48.0 Å². The van der Waals surface area contributed by atoms with Crippen molar-refractivity contribution in [2.75, 3.05) is 20.1 Å². The number of H-pyrrole nitrogens is 1. The van der Waals surface area contributed by atoms with Crippen LogP contribution in [-0.2, 0) is 6.54 Å². The first kappa shape index (κ1) is 21.3. The first-order chi connectivity index (χ1) is 16.1. The molecule has 4 aromatic rings. The number of benzene rings is 2. The number of likely N-dealkylation sites (tertiary alicyclic amines) is 1. The van der Waals surface area contributed by atoms with E-state index in [1.54, 1.807) is 24.4 Å². The fourth-order valence-corrected chi connectivity index (χ4v) is 4.60. The van der Waals surface area contributed by atoms with Crippen LogP contribution < -0.4 is 0 Å². The van der Waals surface area contributed by atoms with Crippen molar-refractivity contribution >= 4 is 16.8 Å². The molecule has 5 nitrogen and oxygen atoms in total. The molecule has 33 heavy (non-hydrogen) atoms. The van der Waals surface area contributed by atoms with Crippen LogP contribution in [0.25, 0.3) is 22.0 Å². The number of piperidine rings is 1. The average molecular weight is 443 g/mol. The lowest BCUT2D eigenvalue weighted by atomic mass is 9.99. The first-order valence-corrected chi connectivity index (χ1v) is 11.3. The minimum atomic E-state index is -0.298. The summed E-state index contributed by atoms with van der Waals surface area (Å²) in [5.74, 6) is -0.447. The minimum absolute atomic E-state index is 0.0509. The molecule has 0 bridgehead atoms. The summed E-state index contributed by atoms with van der Waals surface area (Å²) in [6.07, 6.45) is 5.26. The van der Waals surface area contributed by atoms with Gasteiger partial charge < -0.3 is 14.8 Å². The van der Waals surface area contributed by atoms with Gasteiger partial charge in [-0.1, -0.05) is 18.2 Å². The number of pyridine rings is 1. The predicted octanol–water partition coefficient (Wildman–Crippen LogP) is 5.11. The number of amides is 1. The third-order valence-corrected chi connectivity index (χ3v) is 6.55. The van der Waals surface area contributed by atoms with Crippen LogP contribution in [-0.4, -0.2) is 51.9 Å². The normalized spacial score (nSPS) is 15.1. The highest BCUT2D eigenvalue weighted by Gasteiger charge is 2.29. The summed E-state index contributed by atoms with van der Waals surface area (Å²) >= 11 is 0. The molecule has 0 atom stereocenters. The SMILES string of the molecule is CN1CCC(N(Cc2cc(-c3ccc4[nH]ccc4c3)ccc2F)C(=O)c2ccccn2)CC1. The molecule has 1 amide bonds. The number of aromatic amines is 1. The maximum Gasteiger partial charge on any atom is 0.272 e. The molecule has 2 aromatic carbocycles. The second-order valence-corrected chi connectivity index (χ2v) is 8.77. The van der Waals surface area contributed by atoms with E-state index < -0.39 is 0 Å². The van der Waals surface area contributed by atoms with Crippen LogP contribution in [0.3, 0.4) is 0 Å². The van der Waals surface area contributed by atoms with E-state index in [9.17, 15) is 9.18 Å². The number of hydrogen-bond donors (Lipinski definition) is 1. The molecule has 1 N–H and O–H groups in total. The van der Waals surface area contributed by atoms with Crippen molar-refractivity contribution in [1.29, 1.82) is 0 Å². The lowest BCUT2D eigenvalue weighted by Crippen LogP contribution is -2.46. The van der Waals surface area contributed by atoms with Gasteiger partial charge in [-0.2, -0.15) is 0 Å².